The van der Waals surface area contributed by atoms with Crippen molar-refractivity contribution in [3.05, 3.63) is 53.9 Å². The van der Waals surface area contributed by atoms with Crippen LogP contribution < -0.4 is 14.8 Å². The quantitative estimate of drug-likeness (QED) is 0.849. The Morgan fingerprint density at radius 3 is 2.29 bits per heavy atom. The first-order chi connectivity index (χ1) is 10.3. The van der Waals surface area contributed by atoms with Gasteiger partial charge >= 0.3 is 0 Å². The number of benzene rings is 1. The summed E-state index contributed by atoms with van der Waals surface area (Å²) in [6.45, 7) is 2.95. The van der Waals surface area contributed by atoms with Crippen molar-refractivity contribution >= 4 is 0 Å². The van der Waals surface area contributed by atoms with E-state index in [0.29, 0.717) is 0 Å². The van der Waals surface area contributed by atoms with Crippen LogP contribution in [0.15, 0.2) is 42.6 Å². The highest BCUT2D eigenvalue weighted by Crippen LogP contribution is 2.35. The van der Waals surface area contributed by atoms with E-state index in [9.17, 15) is 0 Å². The zero-order valence-corrected chi connectivity index (χ0v) is 12.8. The Morgan fingerprint density at radius 2 is 1.76 bits per heavy atom. The summed E-state index contributed by atoms with van der Waals surface area (Å²) in [6.07, 6.45) is 2.60. The van der Waals surface area contributed by atoms with E-state index < -0.39 is 0 Å². The second-order valence-electron chi connectivity index (χ2n) is 4.71. The van der Waals surface area contributed by atoms with E-state index in [1.165, 1.54) is 0 Å². The number of ether oxygens (including phenoxy) is 2. The molecule has 0 saturated heterocycles. The molecule has 2 rings (SSSR count). The summed E-state index contributed by atoms with van der Waals surface area (Å²) < 4.78 is 11.0. The Kier molecular flexibility index (Phi) is 5.58. The molecule has 2 aromatic rings. The van der Waals surface area contributed by atoms with Crippen molar-refractivity contribution in [3.8, 4) is 11.5 Å². The van der Waals surface area contributed by atoms with Crippen LogP contribution in [-0.4, -0.2) is 25.7 Å². The maximum Gasteiger partial charge on any atom is 0.127 e. The molecule has 4 nitrogen and oxygen atoms in total. The third kappa shape index (κ3) is 3.73. The maximum absolute atomic E-state index is 5.51. The van der Waals surface area contributed by atoms with Gasteiger partial charge in [-0.3, -0.25) is 4.98 Å². The molecule has 4 heteroatoms. The van der Waals surface area contributed by atoms with Gasteiger partial charge in [0.05, 0.1) is 19.8 Å². The highest BCUT2D eigenvalue weighted by molar-refractivity contribution is 5.47. The van der Waals surface area contributed by atoms with E-state index in [1.807, 2.05) is 42.6 Å². The summed E-state index contributed by atoms with van der Waals surface area (Å²) in [4.78, 5) is 4.42. The molecule has 21 heavy (non-hydrogen) atoms. The summed E-state index contributed by atoms with van der Waals surface area (Å²) in [5.41, 5.74) is 2.08. The molecule has 0 fully saturated rings. The highest BCUT2D eigenvalue weighted by atomic mass is 16.5. The van der Waals surface area contributed by atoms with Crippen LogP contribution in [0.2, 0.25) is 0 Å². The lowest BCUT2D eigenvalue weighted by Gasteiger charge is -2.22. The predicted octanol–water partition coefficient (Wildman–Crippen LogP) is 2.99. The predicted molar refractivity (Wildman–Crippen MR) is 83.9 cm³/mol. The molecule has 0 radical (unpaired) electrons. The number of nitrogens with one attached hydrogen (secondary N) is 1. The SMILES string of the molecule is CCNC(Cc1ccccn1)c1c(OC)cccc1OC. The lowest BCUT2D eigenvalue weighted by Crippen LogP contribution is -2.24. The van der Waals surface area contributed by atoms with Crippen molar-refractivity contribution in [2.75, 3.05) is 20.8 Å². The summed E-state index contributed by atoms with van der Waals surface area (Å²) >= 11 is 0. The van der Waals surface area contributed by atoms with Crippen LogP contribution in [-0.2, 0) is 6.42 Å². The second kappa shape index (κ2) is 7.64. The average Bonchev–Trinajstić information content (AvgIpc) is 2.54. The molecule has 112 valence electrons. The lowest BCUT2D eigenvalue weighted by atomic mass is 9.99. The fourth-order valence-electron chi connectivity index (χ4n) is 2.47. The van der Waals surface area contributed by atoms with Gasteiger partial charge in [0.25, 0.3) is 0 Å². The van der Waals surface area contributed by atoms with Crippen molar-refractivity contribution in [1.82, 2.24) is 10.3 Å². The number of pyridine rings is 1. The molecule has 1 aromatic heterocycles. The van der Waals surface area contributed by atoms with E-state index in [4.69, 9.17) is 9.47 Å². The molecule has 0 aliphatic carbocycles. The van der Waals surface area contributed by atoms with Gasteiger partial charge in [-0.25, -0.2) is 0 Å². The molecule has 0 spiro atoms. The summed E-state index contributed by atoms with van der Waals surface area (Å²) in [6, 6.07) is 11.9. The first kappa shape index (κ1) is 15.3. The Balaban J connectivity index is 2.37. The molecular weight excluding hydrogens is 264 g/mol. The van der Waals surface area contributed by atoms with Crippen LogP contribution in [0.4, 0.5) is 0 Å². The zero-order chi connectivity index (χ0) is 15.1. The molecule has 1 atom stereocenters. The number of hydrogen-bond donors (Lipinski definition) is 1. The zero-order valence-electron chi connectivity index (χ0n) is 12.8. The van der Waals surface area contributed by atoms with Gasteiger partial charge in [-0.1, -0.05) is 19.1 Å². The fourth-order valence-corrected chi connectivity index (χ4v) is 2.47. The van der Waals surface area contributed by atoms with Crippen molar-refractivity contribution in [2.24, 2.45) is 0 Å². The Morgan fingerprint density at radius 1 is 1.05 bits per heavy atom. The second-order valence-corrected chi connectivity index (χ2v) is 4.71. The maximum atomic E-state index is 5.51. The summed E-state index contributed by atoms with van der Waals surface area (Å²) in [5, 5.41) is 3.50. The number of nitrogens with zero attached hydrogens (tertiary/aromatic N) is 1. The fraction of sp³-hybridized carbons (Fsp3) is 0.353. The van der Waals surface area contributed by atoms with Gasteiger partial charge < -0.3 is 14.8 Å². The van der Waals surface area contributed by atoms with Gasteiger partial charge in [0.1, 0.15) is 11.5 Å². The molecular formula is C17H22N2O2. The van der Waals surface area contributed by atoms with Crippen molar-refractivity contribution in [3.63, 3.8) is 0 Å². The number of aromatic nitrogens is 1. The van der Waals surface area contributed by atoms with E-state index in [0.717, 1.165) is 35.7 Å². The van der Waals surface area contributed by atoms with Gasteiger partial charge in [0.15, 0.2) is 0 Å². The third-order valence-corrected chi connectivity index (χ3v) is 3.40. The van der Waals surface area contributed by atoms with Crippen molar-refractivity contribution in [2.45, 2.75) is 19.4 Å². The van der Waals surface area contributed by atoms with Crippen LogP contribution in [0.5, 0.6) is 11.5 Å². The van der Waals surface area contributed by atoms with E-state index in [2.05, 4.69) is 17.2 Å². The lowest BCUT2D eigenvalue weighted by molar-refractivity contribution is 0.370. The number of rotatable bonds is 7. The Bertz CT molecular complexity index is 536. The first-order valence-corrected chi connectivity index (χ1v) is 7.14. The normalized spacial score (nSPS) is 12.0. The van der Waals surface area contributed by atoms with Crippen LogP contribution in [0.3, 0.4) is 0 Å². The minimum Gasteiger partial charge on any atom is -0.496 e. The van der Waals surface area contributed by atoms with Crippen LogP contribution in [0.25, 0.3) is 0 Å². The Hall–Kier alpha value is -2.07. The van der Waals surface area contributed by atoms with E-state index in [1.54, 1.807) is 14.2 Å². The average molecular weight is 286 g/mol. The molecule has 0 saturated carbocycles. The van der Waals surface area contributed by atoms with Gasteiger partial charge in [-0.2, -0.15) is 0 Å². The monoisotopic (exact) mass is 286 g/mol. The summed E-state index contributed by atoms with van der Waals surface area (Å²) in [5.74, 6) is 1.66. The van der Waals surface area contributed by atoms with Crippen LogP contribution in [0, 0.1) is 0 Å². The van der Waals surface area contributed by atoms with Gasteiger partial charge in [-0.15, -0.1) is 0 Å². The molecule has 0 aliphatic rings. The van der Waals surface area contributed by atoms with Crippen molar-refractivity contribution in [1.29, 1.82) is 0 Å². The van der Waals surface area contributed by atoms with Gasteiger partial charge in [0, 0.05) is 24.4 Å². The molecule has 1 aromatic carbocycles. The smallest absolute Gasteiger partial charge is 0.127 e. The van der Waals surface area contributed by atoms with E-state index in [-0.39, 0.29) is 6.04 Å². The summed E-state index contributed by atoms with van der Waals surface area (Å²) in [7, 11) is 3.37. The number of likely N-dealkylation sites (N-methyl/N-ethyl adjacent to an activating group) is 1. The van der Waals surface area contributed by atoms with E-state index >= 15 is 0 Å². The first-order valence-electron chi connectivity index (χ1n) is 7.14. The highest BCUT2D eigenvalue weighted by Gasteiger charge is 2.20. The van der Waals surface area contributed by atoms with Crippen LogP contribution >= 0.6 is 0 Å². The largest absolute Gasteiger partial charge is 0.496 e. The molecule has 1 unspecified atom stereocenters. The molecule has 0 bridgehead atoms. The molecule has 1 heterocycles. The standard InChI is InChI=1S/C17H22N2O2/c1-4-18-14(12-13-8-5-6-11-19-13)17-15(20-2)9-7-10-16(17)21-3/h5-11,14,18H,4,12H2,1-3H3. The molecule has 0 aliphatic heterocycles. The molecule has 1 N–H and O–H groups in total. The van der Waals surface area contributed by atoms with Crippen molar-refractivity contribution < 1.29 is 9.47 Å². The topological polar surface area (TPSA) is 43.4 Å². The molecule has 0 amide bonds. The minimum absolute atomic E-state index is 0.0935. The minimum atomic E-state index is 0.0935. The Labute approximate surface area is 126 Å². The van der Waals surface area contributed by atoms with Gasteiger partial charge in [0.2, 0.25) is 0 Å². The number of methoxy groups -OCH3 is 2. The number of hydrogen-bond acceptors (Lipinski definition) is 4. The van der Waals surface area contributed by atoms with Crippen LogP contribution in [0.1, 0.15) is 24.2 Å². The van der Waals surface area contributed by atoms with Gasteiger partial charge in [-0.05, 0) is 30.8 Å². The third-order valence-electron chi connectivity index (χ3n) is 3.40.